The molecule has 0 heterocycles. The van der Waals surface area contributed by atoms with E-state index in [0.717, 1.165) is 24.3 Å². The highest BCUT2D eigenvalue weighted by Gasteiger charge is 2.23. The van der Waals surface area contributed by atoms with Crippen molar-refractivity contribution in [2.75, 3.05) is 11.4 Å². The fraction of sp³-hybridized carbons (Fsp3) is 0.611. The van der Waals surface area contributed by atoms with Gasteiger partial charge in [-0.3, -0.25) is 0 Å². The average Bonchev–Trinajstić information content (AvgIpc) is 3.00. The zero-order valence-corrected chi connectivity index (χ0v) is 13.5. The van der Waals surface area contributed by atoms with E-state index in [1.807, 2.05) is 6.07 Å². The SMILES string of the molecule is CCN(c1ccc(CNC(C)C)cc1C#N)C1CCCC1. The Morgan fingerprint density at radius 1 is 1.33 bits per heavy atom. The van der Waals surface area contributed by atoms with Crippen LogP contribution in [0, 0.1) is 11.3 Å². The van der Waals surface area contributed by atoms with Crippen LogP contribution in [0.3, 0.4) is 0 Å². The molecule has 3 nitrogen and oxygen atoms in total. The molecule has 2 rings (SSSR count). The molecular formula is C18H27N3. The summed E-state index contributed by atoms with van der Waals surface area (Å²) in [7, 11) is 0. The van der Waals surface area contributed by atoms with E-state index in [1.54, 1.807) is 0 Å². The molecule has 0 radical (unpaired) electrons. The minimum Gasteiger partial charge on any atom is -0.368 e. The fourth-order valence-electron chi connectivity index (χ4n) is 3.20. The van der Waals surface area contributed by atoms with E-state index in [1.165, 1.54) is 31.2 Å². The summed E-state index contributed by atoms with van der Waals surface area (Å²) in [5, 5.41) is 12.9. The van der Waals surface area contributed by atoms with Gasteiger partial charge >= 0.3 is 0 Å². The summed E-state index contributed by atoms with van der Waals surface area (Å²) in [5.41, 5.74) is 3.11. The smallest absolute Gasteiger partial charge is 0.101 e. The number of nitriles is 1. The van der Waals surface area contributed by atoms with E-state index in [0.29, 0.717) is 12.1 Å². The van der Waals surface area contributed by atoms with Gasteiger partial charge < -0.3 is 10.2 Å². The second-order valence-electron chi connectivity index (χ2n) is 6.22. The van der Waals surface area contributed by atoms with E-state index in [-0.39, 0.29) is 0 Å². The van der Waals surface area contributed by atoms with E-state index >= 15 is 0 Å². The van der Waals surface area contributed by atoms with Gasteiger partial charge in [0.25, 0.3) is 0 Å². The molecular weight excluding hydrogens is 258 g/mol. The van der Waals surface area contributed by atoms with E-state index in [9.17, 15) is 5.26 Å². The maximum atomic E-state index is 9.51. The Labute approximate surface area is 129 Å². The molecule has 21 heavy (non-hydrogen) atoms. The van der Waals surface area contributed by atoms with Gasteiger partial charge in [0.05, 0.1) is 11.3 Å². The Kier molecular flexibility index (Phi) is 5.64. The first-order chi connectivity index (χ1) is 10.2. The lowest BCUT2D eigenvalue weighted by molar-refractivity contribution is 0.588. The largest absolute Gasteiger partial charge is 0.368 e. The zero-order chi connectivity index (χ0) is 15.2. The average molecular weight is 285 g/mol. The third-order valence-electron chi connectivity index (χ3n) is 4.31. The van der Waals surface area contributed by atoms with Crippen molar-refractivity contribution in [1.82, 2.24) is 5.32 Å². The summed E-state index contributed by atoms with van der Waals surface area (Å²) in [5.74, 6) is 0. The molecule has 0 aromatic heterocycles. The van der Waals surface area contributed by atoms with Crippen LogP contribution in [0.15, 0.2) is 18.2 Å². The van der Waals surface area contributed by atoms with E-state index < -0.39 is 0 Å². The standard InChI is InChI=1S/C18H27N3/c1-4-21(17-7-5-6-8-17)18-10-9-15(11-16(18)12-19)13-20-14(2)3/h9-11,14,17,20H,4-8,13H2,1-3H3. The van der Waals surface area contributed by atoms with Gasteiger partial charge in [-0.15, -0.1) is 0 Å². The quantitative estimate of drug-likeness (QED) is 0.863. The van der Waals surface area contributed by atoms with Gasteiger partial charge in [-0.25, -0.2) is 0 Å². The summed E-state index contributed by atoms with van der Waals surface area (Å²) in [6, 6.07) is 9.80. The molecule has 1 saturated carbocycles. The predicted molar refractivity (Wildman–Crippen MR) is 88.4 cm³/mol. The molecule has 1 aliphatic rings. The zero-order valence-electron chi connectivity index (χ0n) is 13.5. The summed E-state index contributed by atoms with van der Waals surface area (Å²) in [4.78, 5) is 2.42. The predicted octanol–water partition coefficient (Wildman–Crippen LogP) is 3.83. The van der Waals surface area contributed by atoms with Gasteiger partial charge in [-0.1, -0.05) is 32.8 Å². The van der Waals surface area contributed by atoms with Crippen LogP contribution in [0.4, 0.5) is 5.69 Å². The fourth-order valence-corrected chi connectivity index (χ4v) is 3.20. The highest BCUT2D eigenvalue weighted by Crippen LogP contribution is 2.30. The molecule has 3 heteroatoms. The summed E-state index contributed by atoms with van der Waals surface area (Å²) in [6.07, 6.45) is 5.16. The molecule has 0 amide bonds. The Morgan fingerprint density at radius 2 is 2.05 bits per heavy atom. The molecule has 1 aliphatic carbocycles. The second kappa shape index (κ2) is 7.47. The number of hydrogen-bond donors (Lipinski definition) is 1. The van der Waals surface area contributed by atoms with Crippen molar-refractivity contribution in [2.24, 2.45) is 0 Å². The number of hydrogen-bond acceptors (Lipinski definition) is 3. The first kappa shape index (κ1) is 15.9. The first-order valence-electron chi connectivity index (χ1n) is 8.18. The van der Waals surface area contributed by atoms with Crippen molar-refractivity contribution in [1.29, 1.82) is 5.26 Å². The van der Waals surface area contributed by atoms with Crippen molar-refractivity contribution in [3.05, 3.63) is 29.3 Å². The van der Waals surface area contributed by atoms with Crippen molar-refractivity contribution < 1.29 is 0 Å². The van der Waals surface area contributed by atoms with Crippen LogP contribution in [0.25, 0.3) is 0 Å². The van der Waals surface area contributed by atoms with Gasteiger partial charge in [0.15, 0.2) is 0 Å². The van der Waals surface area contributed by atoms with Crippen molar-refractivity contribution >= 4 is 5.69 Å². The summed E-state index contributed by atoms with van der Waals surface area (Å²) >= 11 is 0. The Morgan fingerprint density at radius 3 is 2.62 bits per heavy atom. The minimum atomic E-state index is 0.459. The van der Waals surface area contributed by atoms with Gasteiger partial charge in [-0.2, -0.15) is 5.26 Å². The van der Waals surface area contributed by atoms with Crippen LogP contribution < -0.4 is 10.2 Å². The lowest BCUT2D eigenvalue weighted by Gasteiger charge is -2.31. The molecule has 0 aliphatic heterocycles. The van der Waals surface area contributed by atoms with E-state index in [2.05, 4.69) is 49.2 Å². The molecule has 0 atom stereocenters. The maximum absolute atomic E-state index is 9.51. The summed E-state index contributed by atoms with van der Waals surface area (Å²) in [6.45, 7) is 8.26. The molecule has 0 unspecified atom stereocenters. The Hall–Kier alpha value is -1.53. The minimum absolute atomic E-state index is 0.459. The van der Waals surface area contributed by atoms with Gasteiger partial charge in [0.1, 0.15) is 6.07 Å². The number of rotatable bonds is 6. The lowest BCUT2D eigenvalue weighted by atomic mass is 10.1. The normalized spacial score (nSPS) is 15.4. The second-order valence-corrected chi connectivity index (χ2v) is 6.22. The van der Waals surface area contributed by atoms with Crippen molar-refractivity contribution in [3.63, 3.8) is 0 Å². The molecule has 0 saturated heterocycles. The highest BCUT2D eigenvalue weighted by molar-refractivity contribution is 5.61. The monoisotopic (exact) mass is 285 g/mol. The van der Waals surface area contributed by atoms with Crippen LogP contribution in [0.1, 0.15) is 57.6 Å². The van der Waals surface area contributed by atoms with Crippen LogP contribution in [0.2, 0.25) is 0 Å². The topological polar surface area (TPSA) is 39.1 Å². The van der Waals surface area contributed by atoms with Crippen LogP contribution in [-0.4, -0.2) is 18.6 Å². The Balaban J connectivity index is 2.20. The van der Waals surface area contributed by atoms with Crippen LogP contribution in [0.5, 0.6) is 0 Å². The molecule has 0 bridgehead atoms. The third-order valence-corrected chi connectivity index (χ3v) is 4.31. The van der Waals surface area contributed by atoms with Crippen LogP contribution >= 0.6 is 0 Å². The van der Waals surface area contributed by atoms with Gasteiger partial charge in [0.2, 0.25) is 0 Å². The van der Waals surface area contributed by atoms with Crippen LogP contribution in [-0.2, 0) is 6.54 Å². The molecule has 1 fully saturated rings. The number of anilines is 1. The van der Waals surface area contributed by atoms with Gasteiger partial charge in [0, 0.05) is 25.2 Å². The number of nitrogens with zero attached hydrogens (tertiary/aromatic N) is 2. The molecule has 1 N–H and O–H groups in total. The summed E-state index contributed by atoms with van der Waals surface area (Å²) < 4.78 is 0. The first-order valence-corrected chi connectivity index (χ1v) is 8.18. The third kappa shape index (κ3) is 3.98. The molecule has 1 aromatic carbocycles. The lowest BCUT2D eigenvalue weighted by Crippen LogP contribution is -2.33. The van der Waals surface area contributed by atoms with Crippen molar-refractivity contribution in [2.45, 2.75) is 65.1 Å². The maximum Gasteiger partial charge on any atom is 0.101 e. The van der Waals surface area contributed by atoms with Gasteiger partial charge in [-0.05, 0) is 37.5 Å². The number of benzene rings is 1. The van der Waals surface area contributed by atoms with Crippen molar-refractivity contribution in [3.8, 4) is 6.07 Å². The molecule has 1 aromatic rings. The van der Waals surface area contributed by atoms with E-state index in [4.69, 9.17) is 0 Å². The molecule has 114 valence electrons. The highest BCUT2D eigenvalue weighted by atomic mass is 15.2. The number of nitrogens with one attached hydrogen (secondary N) is 1. The Bertz CT molecular complexity index is 496. The molecule has 0 spiro atoms.